The van der Waals surface area contributed by atoms with Crippen LogP contribution in [0.15, 0.2) is 30.3 Å². The van der Waals surface area contributed by atoms with Gasteiger partial charge in [0.15, 0.2) is 0 Å². The zero-order valence-electron chi connectivity index (χ0n) is 17.5. The molecule has 13 heteroatoms. The summed E-state index contributed by atoms with van der Waals surface area (Å²) in [4.78, 5) is 60.0. The van der Waals surface area contributed by atoms with Crippen LogP contribution in [-0.4, -0.2) is 44.7 Å². The maximum absolute atomic E-state index is 12.7. The summed E-state index contributed by atoms with van der Waals surface area (Å²) < 4.78 is 0. The van der Waals surface area contributed by atoms with Gasteiger partial charge in [-0.3, -0.25) is 29.8 Å². The van der Waals surface area contributed by atoms with Crippen molar-refractivity contribution >= 4 is 46.7 Å². The van der Waals surface area contributed by atoms with Gasteiger partial charge >= 0.3 is 6.03 Å². The summed E-state index contributed by atoms with van der Waals surface area (Å²) in [6, 6.07) is 5.50. The SMILES string of the molecule is O=C1CCC(N2Cc3cc(CNC(=O)Nc4cc(Cl)c([N+](=O)[O-])cc4O)ccc3C2=O)C(=O)N1. The molecule has 1 unspecified atom stereocenters. The second-order valence-electron chi connectivity index (χ2n) is 7.78. The molecule has 176 valence electrons. The molecule has 0 radical (unpaired) electrons. The van der Waals surface area contributed by atoms with Crippen molar-refractivity contribution in [2.24, 2.45) is 0 Å². The van der Waals surface area contributed by atoms with E-state index in [0.29, 0.717) is 16.7 Å². The number of rotatable bonds is 5. The number of fused-ring (bicyclic) bond motifs is 1. The number of aromatic hydroxyl groups is 1. The molecule has 2 aromatic carbocycles. The van der Waals surface area contributed by atoms with Gasteiger partial charge in [-0.05, 0) is 29.7 Å². The Labute approximate surface area is 197 Å². The number of carbonyl (C=O) groups is 4. The molecule has 12 nitrogen and oxygen atoms in total. The van der Waals surface area contributed by atoms with E-state index in [4.69, 9.17) is 11.6 Å². The lowest BCUT2D eigenvalue weighted by Crippen LogP contribution is -2.52. The van der Waals surface area contributed by atoms with Crippen LogP contribution in [0, 0.1) is 10.1 Å². The van der Waals surface area contributed by atoms with Gasteiger partial charge in [0, 0.05) is 25.1 Å². The van der Waals surface area contributed by atoms with E-state index in [1.807, 2.05) is 0 Å². The van der Waals surface area contributed by atoms with Crippen LogP contribution in [0.2, 0.25) is 5.02 Å². The first kappa shape index (κ1) is 23.0. The lowest BCUT2D eigenvalue weighted by atomic mass is 10.0. The van der Waals surface area contributed by atoms with Crippen LogP contribution in [0.25, 0.3) is 0 Å². The molecule has 4 N–H and O–H groups in total. The highest BCUT2D eigenvalue weighted by Gasteiger charge is 2.39. The van der Waals surface area contributed by atoms with E-state index in [0.717, 1.165) is 12.1 Å². The molecule has 0 saturated carbocycles. The van der Waals surface area contributed by atoms with Crippen molar-refractivity contribution in [2.75, 3.05) is 5.32 Å². The number of benzene rings is 2. The van der Waals surface area contributed by atoms with Crippen molar-refractivity contribution in [1.29, 1.82) is 0 Å². The van der Waals surface area contributed by atoms with Crippen molar-refractivity contribution in [1.82, 2.24) is 15.5 Å². The molecule has 2 aliphatic heterocycles. The number of nitro groups is 1. The van der Waals surface area contributed by atoms with E-state index in [-0.39, 0.29) is 48.5 Å². The fraction of sp³-hybridized carbons (Fsp3) is 0.238. The highest BCUT2D eigenvalue weighted by Crippen LogP contribution is 2.35. The van der Waals surface area contributed by atoms with Crippen molar-refractivity contribution < 1.29 is 29.2 Å². The van der Waals surface area contributed by atoms with Crippen LogP contribution in [0.4, 0.5) is 16.2 Å². The second kappa shape index (κ2) is 8.98. The van der Waals surface area contributed by atoms with Gasteiger partial charge in [-0.2, -0.15) is 0 Å². The molecule has 4 rings (SSSR count). The molecule has 2 aliphatic rings. The van der Waals surface area contributed by atoms with Gasteiger partial charge < -0.3 is 20.6 Å². The molecule has 1 fully saturated rings. The summed E-state index contributed by atoms with van der Waals surface area (Å²) in [5.74, 6) is -1.67. The Kier molecular flexibility index (Phi) is 6.07. The average molecular weight is 488 g/mol. The number of phenols is 1. The molecule has 0 spiro atoms. The zero-order chi connectivity index (χ0) is 24.6. The zero-order valence-corrected chi connectivity index (χ0v) is 18.2. The molecule has 1 saturated heterocycles. The second-order valence-corrected chi connectivity index (χ2v) is 8.18. The lowest BCUT2D eigenvalue weighted by molar-refractivity contribution is -0.384. The largest absolute Gasteiger partial charge is 0.506 e. The summed E-state index contributed by atoms with van der Waals surface area (Å²) in [5, 5.41) is 27.7. The van der Waals surface area contributed by atoms with E-state index in [2.05, 4.69) is 16.0 Å². The van der Waals surface area contributed by atoms with E-state index in [1.54, 1.807) is 18.2 Å². The number of carbonyl (C=O) groups excluding carboxylic acids is 4. The summed E-state index contributed by atoms with van der Waals surface area (Å²) in [6.45, 7) is 0.281. The smallest absolute Gasteiger partial charge is 0.319 e. The summed E-state index contributed by atoms with van der Waals surface area (Å²) in [6.07, 6.45) is 0.425. The predicted octanol–water partition coefficient (Wildman–Crippen LogP) is 2.04. The van der Waals surface area contributed by atoms with Crippen molar-refractivity contribution in [2.45, 2.75) is 32.0 Å². The third-order valence-electron chi connectivity index (χ3n) is 5.55. The van der Waals surface area contributed by atoms with Gasteiger partial charge in [-0.1, -0.05) is 23.7 Å². The van der Waals surface area contributed by atoms with E-state index < -0.39 is 34.3 Å². The van der Waals surface area contributed by atoms with Crippen LogP contribution in [0.5, 0.6) is 5.75 Å². The molecule has 34 heavy (non-hydrogen) atoms. The monoisotopic (exact) mass is 487 g/mol. The molecular formula is C21H18ClN5O7. The molecule has 2 aromatic rings. The molecule has 0 aliphatic carbocycles. The summed E-state index contributed by atoms with van der Waals surface area (Å²) in [5.41, 5.74) is 1.21. The number of hydrogen-bond acceptors (Lipinski definition) is 7. The van der Waals surface area contributed by atoms with E-state index >= 15 is 0 Å². The van der Waals surface area contributed by atoms with E-state index in [9.17, 15) is 34.4 Å². The Bertz CT molecular complexity index is 1250. The fourth-order valence-electron chi connectivity index (χ4n) is 3.88. The summed E-state index contributed by atoms with van der Waals surface area (Å²) >= 11 is 5.81. The van der Waals surface area contributed by atoms with Crippen molar-refractivity contribution in [3.8, 4) is 5.75 Å². The van der Waals surface area contributed by atoms with Gasteiger partial charge in [-0.25, -0.2) is 4.79 Å². The molecular weight excluding hydrogens is 470 g/mol. The number of nitrogens with one attached hydrogen (secondary N) is 3. The fourth-order valence-corrected chi connectivity index (χ4v) is 4.11. The third-order valence-corrected chi connectivity index (χ3v) is 5.85. The Morgan fingerprint density at radius 3 is 2.74 bits per heavy atom. The molecule has 0 aromatic heterocycles. The molecule has 0 bridgehead atoms. The van der Waals surface area contributed by atoms with Crippen LogP contribution in [-0.2, 0) is 22.7 Å². The number of imide groups is 1. The number of amides is 5. The predicted molar refractivity (Wildman–Crippen MR) is 118 cm³/mol. The number of halogens is 1. The molecule has 1 atom stereocenters. The van der Waals surface area contributed by atoms with Gasteiger partial charge in [-0.15, -0.1) is 0 Å². The lowest BCUT2D eigenvalue weighted by Gasteiger charge is -2.29. The number of piperidine rings is 1. The summed E-state index contributed by atoms with van der Waals surface area (Å²) in [7, 11) is 0. The minimum Gasteiger partial charge on any atom is -0.506 e. The van der Waals surface area contributed by atoms with Gasteiger partial charge in [0.05, 0.1) is 16.7 Å². The van der Waals surface area contributed by atoms with E-state index in [1.165, 1.54) is 4.90 Å². The minimum atomic E-state index is -0.758. The maximum atomic E-state index is 12.7. The Balaban J connectivity index is 1.39. The van der Waals surface area contributed by atoms with Crippen LogP contribution in [0.1, 0.15) is 34.3 Å². The Hall–Kier alpha value is -4.19. The number of phenolic OH excluding ortho intramolecular Hbond substituents is 1. The van der Waals surface area contributed by atoms with Gasteiger partial charge in [0.1, 0.15) is 16.8 Å². The van der Waals surface area contributed by atoms with Crippen LogP contribution in [0.3, 0.4) is 0 Å². The first-order valence-electron chi connectivity index (χ1n) is 10.1. The van der Waals surface area contributed by atoms with Crippen molar-refractivity contribution in [3.63, 3.8) is 0 Å². The van der Waals surface area contributed by atoms with Crippen molar-refractivity contribution in [3.05, 3.63) is 62.2 Å². The first-order chi connectivity index (χ1) is 16.1. The van der Waals surface area contributed by atoms with Gasteiger partial charge in [0.2, 0.25) is 11.8 Å². The highest BCUT2D eigenvalue weighted by atomic mass is 35.5. The Morgan fingerprint density at radius 1 is 1.26 bits per heavy atom. The number of urea groups is 1. The quantitative estimate of drug-likeness (QED) is 0.216. The first-order valence-corrected chi connectivity index (χ1v) is 10.5. The number of hydrogen-bond donors (Lipinski definition) is 4. The topological polar surface area (TPSA) is 171 Å². The normalized spacial score (nSPS) is 17.3. The Morgan fingerprint density at radius 2 is 2.03 bits per heavy atom. The third kappa shape index (κ3) is 4.48. The highest BCUT2D eigenvalue weighted by molar-refractivity contribution is 6.33. The van der Waals surface area contributed by atoms with Gasteiger partial charge in [0.25, 0.3) is 11.6 Å². The standard InChI is InChI=1S/C21H18ClN5O7/c22-13-6-14(17(28)7-16(13)27(33)34)24-21(32)23-8-10-1-2-12-11(5-10)9-26(20(12)31)15-3-4-18(29)25-19(15)30/h1-2,5-7,15,28H,3-4,8-9H2,(H2,23,24,32)(H,25,29,30). The average Bonchev–Trinajstić information content (AvgIpc) is 3.10. The molecule has 2 heterocycles. The minimum absolute atomic E-state index is 0.0766. The maximum Gasteiger partial charge on any atom is 0.319 e. The number of nitrogens with zero attached hydrogens (tertiary/aromatic N) is 2. The number of anilines is 1. The van der Waals surface area contributed by atoms with Crippen LogP contribution < -0.4 is 16.0 Å². The molecule has 5 amide bonds. The number of nitro benzene ring substituents is 1. The van der Waals surface area contributed by atoms with Crippen LogP contribution >= 0.6 is 11.6 Å².